The van der Waals surface area contributed by atoms with Crippen LogP contribution in [-0.2, 0) is 4.79 Å². The Morgan fingerprint density at radius 1 is 1.17 bits per heavy atom. The smallest absolute Gasteiger partial charge is 0.287 e. The quantitative estimate of drug-likeness (QED) is 0.660. The van der Waals surface area contributed by atoms with Gasteiger partial charge in [-0.2, -0.15) is 0 Å². The van der Waals surface area contributed by atoms with Crippen molar-refractivity contribution in [3.8, 4) is 5.75 Å². The Labute approximate surface area is 177 Å². The predicted molar refractivity (Wildman–Crippen MR) is 114 cm³/mol. The maximum atomic E-state index is 13.0. The number of furan rings is 1. The van der Waals surface area contributed by atoms with E-state index in [1.807, 2.05) is 32.0 Å². The number of methoxy groups -OCH3 is 1. The predicted octanol–water partition coefficient (Wildman–Crippen LogP) is 3.00. The van der Waals surface area contributed by atoms with Gasteiger partial charge in [0.1, 0.15) is 11.8 Å². The fourth-order valence-corrected chi connectivity index (χ4v) is 3.82. The lowest BCUT2D eigenvalue weighted by atomic mass is 10.0. The number of amides is 2. The van der Waals surface area contributed by atoms with E-state index < -0.39 is 11.9 Å². The van der Waals surface area contributed by atoms with Crippen molar-refractivity contribution < 1.29 is 18.7 Å². The fourth-order valence-electron chi connectivity index (χ4n) is 3.82. The zero-order valence-electron chi connectivity index (χ0n) is 17.9. The zero-order chi connectivity index (χ0) is 21.5. The van der Waals surface area contributed by atoms with Gasteiger partial charge in [-0.3, -0.25) is 14.5 Å². The molecule has 2 heterocycles. The van der Waals surface area contributed by atoms with Crippen LogP contribution in [0.4, 0.5) is 0 Å². The third-order valence-corrected chi connectivity index (χ3v) is 5.51. The van der Waals surface area contributed by atoms with E-state index in [-0.39, 0.29) is 23.6 Å². The second-order valence-corrected chi connectivity index (χ2v) is 7.95. The van der Waals surface area contributed by atoms with Crippen molar-refractivity contribution in [3.63, 3.8) is 0 Å². The van der Waals surface area contributed by atoms with Crippen LogP contribution in [0.5, 0.6) is 5.75 Å². The van der Waals surface area contributed by atoms with Gasteiger partial charge in [0.05, 0.1) is 19.4 Å². The van der Waals surface area contributed by atoms with Crippen LogP contribution in [0.25, 0.3) is 0 Å². The van der Waals surface area contributed by atoms with Crippen molar-refractivity contribution in [2.45, 2.75) is 38.8 Å². The number of hydrogen-bond donors (Lipinski definition) is 2. The molecule has 2 N–H and O–H groups in total. The van der Waals surface area contributed by atoms with Crippen molar-refractivity contribution in [2.24, 2.45) is 5.92 Å². The summed E-state index contributed by atoms with van der Waals surface area (Å²) in [4.78, 5) is 27.7. The van der Waals surface area contributed by atoms with E-state index in [4.69, 9.17) is 9.15 Å². The highest BCUT2D eigenvalue weighted by molar-refractivity contribution is 5.95. The van der Waals surface area contributed by atoms with Gasteiger partial charge >= 0.3 is 0 Å². The summed E-state index contributed by atoms with van der Waals surface area (Å²) in [5.74, 6) is 0.342. The number of nitrogens with one attached hydrogen (secondary N) is 2. The minimum atomic E-state index is -0.646. The van der Waals surface area contributed by atoms with E-state index in [0.29, 0.717) is 6.54 Å². The Morgan fingerprint density at radius 3 is 2.57 bits per heavy atom. The lowest BCUT2D eigenvalue weighted by Gasteiger charge is -2.29. The first kappa shape index (κ1) is 21.9. The third-order valence-electron chi connectivity index (χ3n) is 5.51. The summed E-state index contributed by atoms with van der Waals surface area (Å²) in [7, 11) is 1.65. The Hall–Kier alpha value is -2.80. The van der Waals surface area contributed by atoms with Gasteiger partial charge in [-0.25, -0.2) is 0 Å². The Bertz CT molecular complexity index is 829. The van der Waals surface area contributed by atoms with Crippen molar-refractivity contribution in [2.75, 3.05) is 26.7 Å². The molecule has 0 saturated carbocycles. The third kappa shape index (κ3) is 5.42. The monoisotopic (exact) mass is 413 g/mol. The van der Waals surface area contributed by atoms with Crippen LogP contribution in [0.1, 0.15) is 48.8 Å². The molecule has 2 aromatic rings. The van der Waals surface area contributed by atoms with E-state index >= 15 is 0 Å². The lowest BCUT2D eigenvalue weighted by molar-refractivity contribution is -0.124. The summed E-state index contributed by atoms with van der Waals surface area (Å²) in [5, 5.41) is 5.85. The van der Waals surface area contributed by atoms with Crippen molar-refractivity contribution in [3.05, 3.63) is 54.0 Å². The molecule has 2 atom stereocenters. The number of hydrogen-bond acceptors (Lipinski definition) is 5. The molecule has 7 nitrogen and oxygen atoms in total. The molecule has 1 aromatic heterocycles. The normalized spacial score (nSPS) is 16.3. The van der Waals surface area contributed by atoms with E-state index in [9.17, 15) is 9.59 Å². The molecule has 2 amide bonds. The number of rotatable bonds is 9. The standard InChI is InChI=1S/C23H31N3O4/c1-16(2)21(25-22(27)20-10-7-13-30-20)23(28)24-15-19(26-11-4-5-12-26)17-8-6-9-18(14-17)29-3/h6-10,13-14,16,19,21H,4-5,11-12,15H2,1-3H3,(H,24,28)(H,25,27)/t19-,21+/m1/s1. The number of ether oxygens (including phenoxy) is 1. The number of carbonyl (C=O) groups excluding carboxylic acids is 2. The van der Waals surface area contributed by atoms with Gasteiger partial charge in [0.25, 0.3) is 5.91 Å². The summed E-state index contributed by atoms with van der Waals surface area (Å²) in [6.07, 6.45) is 3.75. The number of nitrogens with zero attached hydrogens (tertiary/aromatic N) is 1. The average molecular weight is 414 g/mol. The maximum Gasteiger partial charge on any atom is 0.287 e. The van der Waals surface area contributed by atoms with Gasteiger partial charge in [0, 0.05) is 6.54 Å². The molecular weight excluding hydrogens is 382 g/mol. The van der Waals surface area contributed by atoms with Crippen LogP contribution in [0.3, 0.4) is 0 Å². The van der Waals surface area contributed by atoms with E-state index in [0.717, 1.165) is 37.2 Å². The summed E-state index contributed by atoms with van der Waals surface area (Å²) in [6.45, 7) is 6.28. The molecule has 0 unspecified atom stereocenters. The molecule has 1 aliphatic rings. The minimum Gasteiger partial charge on any atom is -0.497 e. The zero-order valence-corrected chi connectivity index (χ0v) is 17.9. The maximum absolute atomic E-state index is 13.0. The van der Waals surface area contributed by atoms with Crippen LogP contribution in [-0.4, -0.2) is 49.5 Å². The lowest BCUT2D eigenvalue weighted by Crippen LogP contribution is -2.51. The van der Waals surface area contributed by atoms with Gasteiger partial charge in [-0.15, -0.1) is 0 Å². The van der Waals surface area contributed by atoms with Crippen LogP contribution in [0.2, 0.25) is 0 Å². The molecule has 162 valence electrons. The molecule has 0 bridgehead atoms. The summed E-state index contributed by atoms with van der Waals surface area (Å²) >= 11 is 0. The highest BCUT2D eigenvalue weighted by atomic mass is 16.5. The summed E-state index contributed by atoms with van der Waals surface area (Å²) in [6, 6.07) is 10.6. The number of carbonyl (C=O) groups is 2. The molecule has 30 heavy (non-hydrogen) atoms. The number of benzene rings is 1. The first-order valence-corrected chi connectivity index (χ1v) is 10.5. The molecule has 0 aliphatic carbocycles. The first-order chi connectivity index (χ1) is 14.5. The SMILES string of the molecule is COc1cccc([C@@H](CNC(=O)[C@@H](NC(=O)c2ccco2)C(C)C)N2CCCC2)c1. The topological polar surface area (TPSA) is 83.8 Å². The van der Waals surface area contributed by atoms with Gasteiger partial charge in [0.2, 0.25) is 5.91 Å². The van der Waals surface area contributed by atoms with Crippen molar-refractivity contribution in [1.29, 1.82) is 0 Å². The second kappa shape index (κ2) is 10.3. The summed E-state index contributed by atoms with van der Waals surface area (Å²) < 4.78 is 10.5. The average Bonchev–Trinajstić information content (AvgIpc) is 3.46. The van der Waals surface area contributed by atoms with Gasteiger partial charge in [0.15, 0.2) is 5.76 Å². The van der Waals surface area contributed by atoms with Crippen LogP contribution >= 0.6 is 0 Å². The van der Waals surface area contributed by atoms with Gasteiger partial charge in [-0.05, 0) is 61.7 Å². The highest BCUT2D eigenvalue weighted by Gasteiger charge is 2.28. The van der Waals surface area contributed by atoms with Crippen molar-refractivity contribution in [1.82, 2.24) is 15.5 Å². The molecule has 3 rings (SSSR count). The molecule has 7 heteroatoms. The van der Waals surface area contributed by atoms with E-state index in [2.05, 4.69) is 21.6 Å². The van der Waals surface area contributed by atoms with E-state index in [1.165, 1.54) is 6.26 Å². The Morgan fingerprint density at radius 2 is 1.93 bits per heavy atom. The van der Waals surface area contributed by atoms with Crippen LogP contribution in [0.15, 0.2) is 47.1 Å². The minimum absolute atomic E-state index is 0.0557. The first-order valence-electron chi connectivity index (χ1n) is 10.5. The van der Waals surface area contributed by atoms with Crippen molar-refractivity contribution >= 4 is 11.8 Å². The van der Waals surface area contributed by atoms with Gasteiger partial charge < -0.3 is 19.8 Å². The highest BCUT2D eigenvalue weighted by Crippen LogP contribution is 2.27. The van der Waals surface area contributed by atoms with Crippen LogP contribution in [0, 0.1) is 5.92 Å². The van der Waals surface area contributed by atoms with Crippen LogP contribution < -0.4 is 15.4 Å². The Balaban J connectivity index is 1.69. The molecule has 0 spiro atoms. The molecular formula is C23H31N3O4. The second-order valence-electron chi connectivity index (χ2n) is 7.95. The van der Waals surface area contributed by atoms with E-state index in [1.54, 1.807) is 19.2 Å². The Kier molecular flexibility index (Phi) is 7.52. The largest absolute Gasteiger partial charge is 0.497 e. The molecule has 1 saturated heterocycles. The number of likely N-dealkylation sites (tertiary alicyclic amines) is 1. The molecule has 1 fully saturated rings. The molecule has 1 aliphatic heterocycles. The summed E-state index contributed by atoms with van der Waals surface area (Å²) in [5.41, 5.74) is 1.11. The molecule has 0 radical (unpaired) electrons. The fraction of sp³-hybridized carbons (Fsp3) is 0.478. The van der Waals surface area contributed by atoms with Gasteiger partial charge in [-0.1, -0.05) is 26.0 Å². The molecule has 1 aromatic carbocycles.